The van der Waals surface area contributed by atoms with E-state index in [-0.39, 0.29) is 23.8 Å². The lowest BCUT2D eigenvalue weighted by atomic mass is 9.81. The van der Waals surface area contributed by atoms with Crippen molar-refractivity contribution in [2.24, 2.45) is 5.92 Å². The Morgan fingerprint density at radius 3 is 2.81 bits per heavy atom. The van der Waals surface area contributed by atoms with Gasteiger partial charge in [-0.25, -0.2) is 13.5 Å². The molecule has 0 spiro atoms. The number of benzene rings is 2. The van der Waals surface area contributed by atoms with Gasteiger partial charge in [0.2, 0.25) is 0 Å². The molecule has 8 heteroatoms. The molecule has 2 fully saturated rings. The summed E-state index contributed by atoms with van der Waals surface area (Å²) in [5.74, 6) is -1.45. The molecule has 2 aliphatic rings. The zero-order valence-electron chi connectivity index (χ0n) is 17.5. The molecule has 3 heterocycles. The molecule has 166 valence electrons. The quantitative estimate of drug-likeness (QED) is 0.658. The number of nitrogens with zero attached hydrogens (tertiary/aromatic N) is 3. The van der Waals surface area contributed by atoms with Gasteiger partial charge in [-0.2, -0.15) is 5.10 Å². The van der Waals surface area contributed by atoms with Crippen molar-refractivity contribution >= 4 is 5.91 Å². The van der Waals surface area contributed by atoms with Crippen molar-refractivity contribution in [3.05, 3.63) is 83.7 Å². The van der Waals surface area contributed by atoms with Crippen molar-refractivity contribution in [2.45, 2.75) is 24.8 Å². The number of nitrogens with one attached hydrogen (secondary N) is 2. The molecule has 1 aromatic heterocycles. The van der Waals surface area contributed by atoms with Crippen molar-refractivity contribution in [3.8, 4) is 5.69 Å². The Hall–Kier alpha value is -3.10. The van der Waals surface area contributed by atoms with E-state index in [0.29, 0.717) is 25.2 Å². The number of carbonyl (C=O) groups excluding carboxylic acids is 1. The monoisotopic (exact) mass is 437 g/mol. The van der Waals surface area contributed by atoms with Crippen LogP contribution in [0.4, 0.5) is 8.78 Å². The number of hydrogen-bond donors (Lipinski definition) is 2. The highest BCUT2D eigenvalue weighted by Crippen LogP contribution is 2.32. The Bertz CT molecular complexity index is 1100. The van der Waals surface area contributed by atoms with E-state index in [1.807, 2.05) is 41.4 Å². The molecule has 2 aromatic carbocycles. The molecule has 2 aliphatic heterocycles. The molecule has 5 rings (SSSR count). The van der Waals surface area contributed by atoms with Gasteiger partial charge in [0, 0.05) is 49.6 Å². The molecule has 6 nitrogen and oxygen atoms in total. The first kappa shape index (κ1) is 20.8. The summed E-state index contributed by atoms with van der Waals surface area (Å²) >= 11 is 0. The molecule has 3 unspecified atom stereocenters. The molecule has 0 saturated carbocycles. The largest absolute Gasteiger partial charge is 0.338 e. The standard InChI is InChI=1S/C24H25F2N5O/c25-21-8-7-16(13-22(21)26)20-14-27-29-23(20)18-5-2-10-30(15-18)24(32)17-4-1-6-19(12-17)31-11-3-9-28-31/h1,3-4,6-9,11-13,18,20,23,27,29H,2,5,10,14-15H2. The van der Waals surface area contributed by atoms with Gasteiger partial charge in [-0.05, 0) is 60.7 Å². The van der Waals surface area contributed by atoms with Crippen LogP contribution in [0.3, 0.4) is 0 Å². The summed E-state index contributed by atoms with van der Waals surface area (Å²) in [5.41, 5.74) is 8.73. The summed E-state index contributed by atoms with van der Waals surface area (Å²) in [6.07, 6.45) is 5.42. The normalized spacial score (nSPS) is 23.4. The van der Waals surface area contributed by atoms with Gasteiger partial charge < -0.3 is 4.90 Å². The molecule has 3 aromatic rings. The fourth-order valence-corrected chi connectivity index (χ4v) is 4.90. The molecule has 2 N–H and O–H groups in total. The zero-order valence-corrected chi connectivity index (χ0v) is 17.5. The second kappa shape index (κ2) is 8.80. The van der Waals surface area contributed by atoms with Gasteiger partial charge in [-0.1, -0.05) is 12.1 Å². The summed E-state index contributed by atoms with van der Waals surface area (Å²) in [6.45, 7) is 1.95. The number of piperidine rings is 1. The molecule has 3 atom stereocenters. The molecule has 0 radical (unpaired) electrons. The van der Waals surface area contributed by atoms with E-state index >= 15 is 0 Å². The van der Waals surface area contributed by atoms with Crippen LogP contribution in [-0.2, 0) is 0 Å². The third-order valence-electron chi connectivity index (χ3n) is 6.51. The Kier molecular flexibility index (Phi) is 5.71. The van der Waals surface area contributed by atoms with E-state index in [0.717, 1.165) is 24.1 Å². The van der Waals surface area contributed by atoms with Crippen LogP contribution in [0, 0.1) is 17.6 Å². The summed E-state index contributed by atoms with van der Waals surface area (Å²) in [4.78, 5) is 15.2. The number of halogens is 2. The number of aromatic nitrogens is 2. The smallest absolute Gasteiger partial charge is 0.253 e. The summed E-state index contributed by atoms with van der Waals surface area (Å²) in [5, 5.41) is 4.24. The topological polar surface area (TPSA) is 62.2 Å². The number of carbonyl (C=O) groups is 1. The number of amides is 1. The van der Waals surface area contributed by atoms with Gasteiger partial charge in [0.15, 0.2) is 11.6 Å². The number of likely N-dealkylation sites (tertiary alicyclic amines) is 1. The van der Waals surface area contributed by atoms with Crippen LogP contribution in [0.1, 0.15) is 34.7 Å². The van der Waals surface area contributed by atoms with E-state index in [1.165, 1.54) is 12.1 Å². The van der Waals surface area contributed by atoms with Crippen molar-refractivity contribution in [2.75, 3.05) is 19.6 Å². The first-order valence-corrected chi connectivity index (χ1v) is 10.9. The van der Waals surface area contributed by atoms with Crippen LogP contribution in [-0.4, -0.2) is 46.3 Å². The highest BCUT2D eigenvalue weighted by atomic mass is 19.2. The predicted octanol–water partition coefficient (Wildman–Crippen LogP) is 3.26. The van der Waals surface area contributed by atoms with E-state index in [9.17, 15) is 13.6 Å². The van der Waals surface area contributed by atoms with E-state index in [1.54, 1.807) is 16.9 Å². The minimum absolute atomic E-state index is 0.000890. The molecule has 32 heavy (non-hydrogen) atoms. The van der Waals surface area contributed by atoms with Gasteiger partial charge in [0.25, 0.3) is 5.91 Å². The van der Waals surface area contributed by atoms with Crippen LogP contribution in [0.15, 0.2) is 60.9 Å². The molecular formula is C24H25F2N5O. The highest BCUT2D eigenvalue weighted by molar-refractivity contribution is 5.94. The Morgan fingerprint density at radius 2 is 2.00 bits per heavy atom. The Balaban J connectivity index is 1.32. The van der Waals surface area contributed by atoms with Crippen LogP contribution >= 0.6 is 0 Å². The molecular weight excluding hydrogens is 412 g/mol. The number of hydrogen-bond acceptors (Lipinski definition) is 4. The average molecular weight is 437 g/mol. The van der Waals surface area contributed by atoms with Crippen molar-refractivity contribution in [1.29, 1.82) is 0 Å². The lowest BCUT2D eigenvalue weighted by Gasteiger charge is -2.37. The molecule has 1 amide bonds. The Labute approximate surface area is 185 Å². The maximum Gasteiger partial charge on any atom is 0.253 e. The lowest BCUT2D eigenvalue weighted by molar-refractivity contribution is 0.0644. The van der Waals surface area contributed by atoms with Crippen LogP contribution < -0.4 is 10.9 Å². The minimum atomic E-state index is -0.837. The SMILES string of the molecule is O=C(c1cccc(-n2cccn2)c1)N1CCCC(C2NNCC2c2ccc(F)c(F)c2)C1. The van der Waals surface area contributed by atoms with Crippen LogP contribution in [0.25, 0.3) is 5.69 Å². The van der Waals surface area contributed by atoms with Crippen LogP contribution in [0.5, 0.6) is 0 Å². The van der Waals surface area contributed by atoms with Crippen molar-refractivity contribution in [3.63, 3.8) is 0 Å². The second-order valence-electron chi connectivity index (χ2n) is 8.49. The highest BCUT2D eigenvalue weighted by Gasteiger charge is 2.38. The number of rotatable bonds is 4. The first-order valence-electron chi connectivity index (χ1n) is 10.9. The van der Waals surface area contributed by atoms with Gasteiger partial charge in [-0.3, -0.25) is 15.6 Å². The predicted molar refractivity (Wildman–Crippen MR) is 116 cm³/mol. The minimum Gasteiger partial charge on any atom is -0.338 e. The third kappa shape index (κ3) is 4.03. The fourth-order valence-electron chi connectivity index (χ4n) is 4.90. The van der Waals surface area contributed by atoms with Crippen molar-refractivity contribution < 1.29 is 13.6 Å². The Morgan fingerprint density at radius 1 is 1.09 bits per heavy atom. The molecule has 0 aliphatic carbocycles. The van der Waals surface area contributed by atoms with Crippen molar-refractivity contribution in [1.82, 2.24) is 25.5 Å². The second-order valence-corrected chi connectivity index (χ2v) is 8.49. The molecule has 2 saturated heterocycles. The first-order chi connectivity index (χ1) is 15.6. The van der Waals surface area contributed by atoms with Gasteiger partial charge in [0.05, 0.1) is 5.69 Å². The zero-order chi connectivity index (χ0) is 22.1. The fraction of sp³-hybridized carbons (Fsp3) is 0.333. The van der Waals surface area contributed by atoms with E-state index in [4.69, 9.17) is 0 Å². The third-order valence-corrected chi connectivity index (χ3v) is 6.51. The summed E-state index contributed by atoms with van der Waals surface area (Å²) in [6, 6.07) is 13.5. The maximum atomic E-state index is 13.8. The van der Waals surface area contributed by atoms with Gasteiger partial charge >= 0.3 is 0 Å². The number of hydrazine groups is 1. The van der Waals surface area contributed by atoms with E-state index in [2.05, 4.69) is 16.0 Å². The summed E-state index contributed by atoms with van der Waals surface area (Å²) in [7, 11) is 0. The van der Waals surface area contributed by atoms with Crippen LogP contribution in [0.2, 0.25) is 0 Å². The summed E-state index contributed by atoms with van der Waals surface area (Å²) < 4.78 is 29.0. The van der Waals surface area contributed by atoms with Gasteiger partial charge in [0.1, 0.15) is 0 Å². The van der Waals surface area contributed by atoms with Gasteiger partial charge in [-0.15, -0.1) is 0 Å². The lowest BCUT2D eigenvalue weighted by Crippen LogP contribution is -2.48. The molecule has 0 bridgehead atoms. The van der Waals surface area contributed by atoms with E-state index < -0.39 is 11.6 Å². The average Bonchev–Trinajstić information content (AvgIpc) is 3.53. The maximum absolute atomic E-state index is 13.8.